The van der Waals surface area contributed by atoms with Crippen molar-refractivity contribution in [3.63, 3.8) is 0 Å². The largest absolute Gasteiger partial charge is 0.373 e. The van der Waals surface area contributed by atoms with Gasteiger partial charge < -0.3 is 5.11 Å². The zero-order valence-corrected chi connectivity index (χ0v) is 10.3. The van der Waals surface area contributed by atoms with E-state index in [4.69, 9.17) is 0 Å². The molecule has 0 spiro atoms. The van der Waals surface area contributed by atoms with Gasteiger partial charge in [-0.05, 0) is 38.0 Å². The molecule has 0 aromatic rings. The predicted octanol–water partition coefficient (Wildman–Crippen LogP) is 2.24. The summed E-state index contributed by atoms with van der Waals surface area (Å²) in [7, 11) is 0. The fourth-order valence-electron chi connectivity index (χ4n) is 1.74. The maximum Gasteiger partial charge on any atom is 0.156 e. The lowest BCUT2D eigenvalue weighted by molar-refractivity contribution is -0.117. The van der Waals surface area contributed by atoms with Gasteiger partial charge in [-0.1, -0.05) is 24.8 Å². The first kappa shape index (κ1) is 12.7. The molecule has 0 aromatic carbocycles. The third-order valence-electron chi connectivity index (χ3n) is 3.08. The highest BCUT2D eigenvalue weighted by Gasteiger charge is 2.38. The van der Waals surface area contributed by atoms with Gasteiger partial charge in [0.1, 0.15) is 5.60 Å². The molecule has 1 rings (SSSR count). The van der Waals surface area contributed by atoms with E-state index in [0.29, 0.717) is 12.0 Å². The third-order valence-corrected chi connectivity index (χ3v) is 3.08. The van der Waals surface area contributed by atoms with Crippen LogP contribution in [-0.4, -0.2) is 16.5 Å². The number of rotatable bonds is 0. The lowest BCUT2D eigenvalue weighted by atomic mass is 9.76. The summed E-state index contributed by atoms with van der Waals surface area (Å²) < 4.78 is 0. The Morgan fingerprint density at radius 1 is 1.69 bits per heavy atom. The normalized spacial score (nSPS) is 30.6. The molecule has 0 fully saturated rings. The number of carbonyl (C=O) groups excluding carboxylic acids is 1. The number of allylic oxidation sites excluding steroid dienone is 3. The van der Waals surface area contributed by atoms with Crippen LogP contribution in [0.3, 0.4) is 0 Å². The molecular weight excluding hydrogens is 200 g/mol. The molecule has 0 heterocycles. The van der Waals surface area contributed by atoms with Crippen LogP contribution in [0.4, 0.5) is 0 Å². The Bertz CT molecular complexity index is 418. The van der Waals surface area contributed by atoms with E-state index >= 15 is 0 Å². The summed E-state index contributed by atoms with van der Waals surface area (Å²) >= 11 is 0. The Morgan fingerprint density at radius 2 is 2.31 bits per heavy atom. The van der Waals surface area contributed by atoms with E-state index in [1.165, 1.54) is 6.08 Å². The van der Waals surface area contributed by atoms with Crippen LogP contribution in [0.25, 0.3) is 0 Å². The second-order valence-corrected chi connectivity index (χ2v) is 4.39. The average Bonchev–Trinajstić information content (AvgIpc) is 2.22. The minimum atomic E-state index is -1.15. The summed E-state index contributed by atoms with van der Waals surface area (Å²) in [5.41, 5.74) is 0.413. The third kappa shape index (κ3) is 2.43. The molecule has 0 saturated heterocycles. The first-order valence-electron chi connectivity index (χ1n) is 5.50. The Hall–Kier alpha value is -1.33. The highest BCUT2D eigenvalue weighted by atomic mass is 16.3. The first-order valence-corrected chi connectivity index (χ1v) is 5.50. The van der Waals surface area contributed by atoms with E-state index in [1.807, 2.05) is 26.8 Å². The minimum Gasteiger partial charge on any atom is -0.373 e. The van der Waals surface area contributed by atoms with Gasteiger partial charge in [-0.25, -0.2) is 0 Å². The van der Waals surface area contributed by atoms with Crippen molar-refractivity contribution in [1.82, 2.24) is 0 Å². The monoisotopic (exact) mass is 218 g/mol. The summed E-state index contributed by atoms with van der Waals surface area (Å²) in [6.45, 7) is 7.42. The molecule has 1 N–H and O–H groups in total. The molecule has 1 aliphatic rings. The van der Waals surface area contributed by atoms with Crippen LogP contribution >= 0.6 is 0 Å². The van der Waals surface area contributed by atoms with Crippen molar-refractivity contribution in [3.05, 3.63) is 23.3 Å². The van der Waals surface area contributed by atoms with E-state index < -0.39 is 5.60 Å². The number of hydrogen-bond acceptors (Lipinski definition) is 2. The number of aliphatic hydroxyl groups is 1. The van der Waals surface area contributed by atoms with Crippen LogP contribution in [0.5, 0.6) is 0 Å². The summed E-state index contributed by atoms with van der Waals surface area (Å²) in [5.74, 6) is 5.73. The van der Waals surface area contributed by atoms with Crippen LogP contribution in [-0.2, 0) is 4.79 Å². The molecule has 0 saturated carbocycles. The van der Waals surface area contributed by atoms with Crippen molar-refractivity contribution in [2.45, 2.75) is 39.7 Å². The molecule has 0 unspecified atom stereocenters. The number of carbonyl (C=O) groups is 1. The minimum absolute atomic E-state index is 0.0687. The zero-order chi connectivity index (χ0) is 12.3. The molecular formula is C14H18O2. The Morgan fingerprint density at radius 3 is 2.81 bits per heavy atom. The fraction of sp³-hybridized carbons (Fsp3) is 0.500. The lowest BCUT2D eigenvalue weighted by Gasteiger charge is -2.32. The summed E-state index contributed by atoms with van der Waals surface area (Å²) in [5, 5.41) is 10.4. The topological polar surface area (TPSA) is 37.3 Å². The molecule has 0 aliphatic heterocycles. The van der Waals surface area contributed by atoms with Gasteiger partial charge in [-0.15, -0.1) is 0 Å². The zero-order valence-electron chi connectivity index (χ0n) is 10.3. The van der Waals surface area contributed by atoms with Gasteiger partial charge in [0.2, 0.25) is 0 Å². The average molecular weight is 218 g/mol. The quantitative estimate of drug-likeness (QED) is 0.633. The Kier molecular flexibility index (Phi) is 3.72. The smallest absolute Gasteiger partial charge is 0.156 e. The standard InChI is InChI=1S/C14H18O2/c1-5-10(2)6-7-14(16)11(3)8-13(15)9-12(14)4/h5,8,12,16H,9H2,1-4H3/b10-5-/t12-,14-/m1/s1. The lowest BCUT2D eigenvalue weighted by Crippen LogP contribution is -2.40. The number of hydrogen-bond donors (Lipinski definition) is 1. The first-order chi connectivity index (χ1) is 7.40. The second kappa shape index (κ2) is 4.67. The van der Waals surface area contributed by atoms with Gasteiger partial charge in [-0.2, -0.15) is 0 Å². The van der Waals surface area contributed by atoms with Crippen LogP contribution in [0.15, 0.2) is 23.3 Å². The van der Waals surface area contributed by atoms with Gasteiger partial charge in [0.15, 0.2) is 5.78 Å². The van der Waals surface area contributed by atoms with Crippen molar-refractivity contribution >= 4 is 5.78 Å². The Labute approximate surface area is 97.1 Å². The SMILES string of the molecule is C/C=C(/C)C#C[C@@]1(O)C(C)=CC(=O)C[C@H]1C. The molecule has 0 aromatic heterocycles. The fourth-order valence-corrected chi connectivity index (χ4v) is 1.74. The molecule has 0 bridgehead atoms. The maximum absolute atomic E-state index is 11.3. The predicted molar refractivity (Wildman–Crippen MR) is 64.7 cm³/mol. The van der Waals surface area contributed by atoms with E-state index in [0.717, 1.165) is 5.57 Å². The van der Waals surface area contributed by atoms with Crippen molar-refractivity contribution in [2.24, 2.45) is 5.92 Å². The van der Waals surface area contributed by atoms with Crippen LogP contribution in [0.1, 0.15) is 34.1 Å². The van der Waals surface area contributed by atoms with Gasteiger partial charge in [-0.3, -0.25) is 4.79 Å². The van der Waals surface area contributed by atoms with Crippen molar-refractivity contribution in [2.75, 3.05) is 0 Å². The maximum atomic E-state index is 11.3. The van der Waals surface area contributed by atoms with Gasteiger partial charge >= 0.3 is 0 Å². The molecule has 2 nitrogen and oxygen atoms in total. The van der Waals surface area contributed by atoms with E-state index in [2.05, 4.69) is 11.8 Å². The highest BCUT2D eigenvalue weighted by molar-refractivity contribution is 5.92. The molecule has 2 atom stereocenters. The molecule has 0 amide bonds. The van der Waals surface area contributed by atoms with Gasteiger partial charge in [0.25, 0.3) is 0 Å². The highest BCUT2D eigenvalue weighted by Crippen LogP contribution is 2.32. The molecule has 0 radical (unpaired) electrons. The number of ketones is 1. The molecule has 2 heteroatoms. The van der Waals surface area contributed by atoms with E-state index in [1.54, 1.807) is 6.92 Å². The molecule has 16 heavy (non-hydrogen) atoms. The summed E-state index contributed by atoms with van der Waals surface area (Å²) in [4.78, 5) is 11.3. The Balaban J connectivity index is 3.11. The van der Waals surface area contributed by atoms with Crippen LogP contribution < -0.4 is 0 Å². The molecule has 1 aliphatic carbocycles. The van der Waals surface area contributed by atoms with Gasteiger partial charge in [0, 0.05) is 12.3 Å². The van der Waals surface area contributed by atoms with Crippen LogP contribution in [0.2, 0.25) is 0 Å². The molecule has 86 valence electrons. The van der Waals surface area contributed by atoms with E-state index in [9.17, 15) is 9.90 Å². The van der Waals surface area contributed by atoms with Crippen molar-refractivity contribution in [3.8, 4) is 11.8 Å². The van der Waals surface area contributed by atoms with Gasteiger partial charge in [0.05, 0.1) is 0 Å². The second-order valence-electron chi connectivity index (χ2n) is 4.39. The van der Waals surface area contributed by atoms with Crippen molar-refractivity contribution < 1.29 is 9.90 Å². The van der Waals surface area contributed by atoms with Crippen LogP contribution in [0, 0.1) is 17.8 Å². The summed E-state index contributed by atoms with van der Waals surface area (Å²) in [6.07, 6.45) is 3.76. The van der Waals surface area contributed by atoms with Crippen molar-refractivity contribution in [1.29, 1.82) is 0 Å². The van der Waals surface area contributed by atoms with E-state index in [-0.39, 0.29) is 11.7 Å². The summed E-state index contributed by atoms with van der Waals surface area (Å²) in [6, 6.07) is 0.